The molecule has 210 valence electrons. The highest BCUT2D eigenvalue weighted by Crippen LogP contribution is 2.39. The van der Waals surface area contributed by atoms with Crippen molar-refractivity contribution in [2.75, 3.05) is 11.4 Å². The van der Waals surface area contributed by atoms with Crippen LogP contribution in [0.15, 0.2) is 36.5 Å². The molecule has 2 bridgehead atoms. The second-order valence-corrected chi connectivity index (χ2v) is 11.0. The summed E-state index contributed by atoms with van der Waals surface area (Å²) < 4.78 is 43.0. The van der Waals surface area contributed by atoms with Crippen molar-refractivity contribution in [1.82, 2.24) is 15.6 Å². The van der Waals surface area contributed by atoms with Crippen LogP contribution in [0, 0.1) is 0 Å². The predicted octanol–water partition coefficient (Wildman–Crippen LogP) is 4.72. The Bertz CT molecular complexity index is 1240. The minimum Gasteiger partial charge on any atom is -0.476 e. The van der Waals surface area contributed by atoms with E-state index in [0.29, 0.717) is 34.5 Å². The Morgan fingerprint density at radius 2 is 1.74 bits per heavy atom. The number of benzene rings is 1. The Hall–Kier alpha value is -3.05. The molecule has 2 N–H and O–H groups in total. The number of fused-ring (bicyclic) bond motifs is 2. The van der Waals surface area contributed by atoms with E-state index in [9.17, 15) is 27.6 Å². The molecule has 39 heavy (non-hydrogen) atoms. The third-order valence-electron chi connectivity index (χ3n) is 6.87. The highest BCUT2D eigenvalue weighted by Gasteiger charge is 2.43. The van der Waals surface area contributed by atoms with Gasteiger partial charge in [0.2, 0.25) is 0 Å². The lowest BCUT2D eigenvalue weighted by Crippen LogP contribution is -2.55. The van der Waals surface area contributed by atoms with E-state index in [1.807, 2.05) is 5.32 Å². The number of piperidine rings is 1. The molecule has 0 saturated carbocycles. The van der Waals surface area contributed by atoms with Crippen molar-refractivity contribution in [3.63, 3.8) is 0 Å². The summed E-state index contributed by atoms with van der Waals surface area (Å²) in [6.07, 6.45) is -0.556. The van der Waals surface area contributed by atoms with Gasteiger partial charge in [0.1, 0.15) is 11.6 Å². The summed E-state index contributed by atoms with van der Waals surface area (Å²) in [5.74, 6) is -2.14. The minimum absolute atomic E-state index is 0.0474. The van der Waals surface area contributed by atoms with Gasteiger partial charge in [-0.1, -0.05) is 23.2 Å². The summed E-state index contributed by atoms with van der Waals surface area (Å²) in [6.45, 7) is 2.19. The summed E-state index contributed by atoms with van der Waals surface area (Å²) in [4.78, 5) is 42.7. The van der Waals surface area contributed by atoms with Crippen LogP contribution in [0.2, 0.25) is 10.0 Å². The first-order valence-corrected chi connectivity index (χ1v) is 13.1. The van der Waals surface area contributed by atoms with E-state index < -0.39 is 30.0 Å². The zero-order valence-electron chi connectivity index (χ0n) is 21.1. The molecule has 13 heteroatoms. The fourth-order valence-electron chi connectivity index (χ4n) is 4.94. The molecule has 1 aromatic carbocycles. The highest BCUT2D eigenvalue weighted by atomic mass is 35.5. The van der Waals surface area contributed by atoms with Crippen molar-refractivity contribution in [2.45, 2.75) is 69.4 Å². The molecule has 2 amide bonds. The van der Waals surface area contributed by atoms with Crippen LogP contribution in [0.4, 0.5) is 19.0 Å². The number of ether oxygens (including phenoxy) is 1. The van der Waals surface area contributed by atoms with Gasteiger partial charge in [-0.2, -0.15) is 13.2 Å². The van der Waals surface area contributed by atoms with Crippen LogP contribution in [-0.2, 0) is 9.59 Å². The summed E-state index contributed by atoms with van der Waals surface area (Å²) in [6, 6.07) is 8.03. The zero-order valence-corrected chi connectivity index (χ0v) is 22.7. The molecule has 2 saturated heterocycles. The molecule has 0 spiro atoms. The lowest BCUT2D eigenvalue weighted by atomic mass is 9.96. The van der Waals surface area contributed by atoms with E-state index in [-0.39, 0.29) is 29.6 Å². The van der Waals surface area contributed by atoms with Gasteiger partial charge in [0.05, 0.1) is 17.1 Å². The van der Waals surface area contributed by atoms with Crippen LogP contribution in [0.3, 0.4) is 0 Å². The summed E-state index contributed by atoms with van der Waals surface area (Å²) in [5.41, 5.74) is -1.14. The molecule has 2 atom stereocenters. The first kappa shape index (κ1) is 28.9. The van der Waals surface area contributed by atoms with Crippen molar-refractivity contribution < 1.29 is 32.3 Å². The van der Waals surface area contributed by atoms with Gasteiger partial charge >= 0.3 is 6.18 Å². The standard InChI is InChI=1S/C26H27Cl2F3N4O4/c1-25(2,39-20-7-4-15(27)9-19(20)28)24(38)34-16-10-17-5-6-18(11-16)35(17)22-8-3-14(12-32-22)23(37)33-13-21(36)26(29,30)31/h3-4,7-9,12,16-18H,5-6,10-11,13H2,1-2H3,(H,33,37)(H,34,38). The van der Waals surface area contributed by atoms with Gasteiger partial charge in [0.15, 0.2) is 5.60 Å². The number of nitrogens with one attached hydrogen (secondary N) is 2. The fourth-order valence-corrected chi connectivity index (χ4v) is 5.39. The number of hydrogen-bond donors (Lipinski definition) is 2. The first-order chi connectivity index (χ1) is 18.2. The summed E-state index contributed by atoms with van der Waals surface area (Å²) in [7, 11) is 0. The number of hydrogen-bond acceptors (Lipinski definition) is 6. The van der Waals surface area contributed by atoms with Crippen molar-refractivity contribution in [1.29, 1.82) is 0 Å². The summed E-state index contributed by atoms with van der Waals surface area (Å²) >= 11 is 12.1. The average Bonchev–Trinajstić information content (AvgIpc) is 3.13. The number of anilines is 1. The molecule has 2 fully saturated rings. The third-order valence-corrected chi connectivity index (χ3v) is 7.40. The Morgan fingerprint density at radius 3 is 2.31 bits per heavy atom. The Kier molecular flexibility index (Phi) is 8.32. The Labute approximate surface area is 233 Å². The first-order valence-electron chi connectivity index (χ1n) is 12.3. The van der Waals surface area contributed by atoms with Crippen LogP contribution < -0.4 is 20.3 Å². The molecule has 2 aliphatic rings. The number of nitrogens with zero attached hydrogens (tertiary/aromatic N) is 2. The quantitative estimate of drug-likeness (QED) is 0.464. The molecule has 0 aliphatic carbocycles. The fraction of sp³-hybridized carbons (Fsp3) is 0.462. The van der Waals surface area contributed by atoms with Crippen LogP contribution in [-0.4, -0.2) is 59.0 Å². The molecule has 1 aromatic heterocycles. The predicted molar refractivity (Wildman–Crippen MR) is 139 cm³/mol. The monoisotopic (exact) mass is 586 g/mol. The van der Waals surface area contributed by atoms with Gasteiger partial charge in [-0.3, -0.25) is 14.4 Å². The third kappa shape index (κ3) is 6.75. The normalized spacial score (nSPS) is 20.9. The van der Waals surface area contributed by atoms with Gasteiger partial charge in [-0.25, -0.2) is 4.98 Å². The number of halogens is 5. The van der Waals surface area contributed by atoms with E-state index in [1.165, 1.54) is 12.3 Å². The van der Waals surface area contributed by atoms with Crippen molar-refractivity contribution in [3.05, 3.63) is 52.1 Å². The molecule has 3 heterocycles. The molecule has 2 aromatic rings. The summed E-state index contributed by atoms with van der Waals surface area (Å²) in [5, 5.41) is 5.83. The number of amides is 2. The van der Waals surface area contributed by atoms with Gasteiger partial charge in [0.25, 0.3) is 17.6 Å². The molecule has 4 rings (SSSR count). The van der Waals surface area contributed by atoms with Gasteiger partial charge < -0.3 is 20.3 Å². The smallest absolute Gasteiger partial charge is 0.451 e. The van der Waals surface area contributed by atoms with E-state index in [4.69, 9.17) is 27.9 Å². The lowest BCUT2D eigenvalue weighted by Gasteiger charge is -2.40. The molecule has 8 nitrogen and oxygen atoms in total. The Balaban J connectivity index is 1.34. The number of carbonyl (C=O) groups excluding carboxylic acids is 3. The largest absolute Gasteiger partial charge is 0.476 e. The average molecular weight is 587 g/mol. The van der Waals surface area contributed by atoms with Crippen LogP contribution in [0.5, 0.6) is 5.75 Å². The molecular weight excluding hydrogens is 560 g/mol. The second kappa shape index (κ2) is 11.2. The van der Waals surface area contributed by atoms with Crippen molar-refractivity contribution in [3.8, 4) is 5.75 Å². The van der Waals surface area contributed by atoms with E-state index >= 15 is 0 Å². The van der Waals surface area contributed by atoms with Crippen molar-refractivity contribution in [2.24, 2.45) is 0 Å². The maximum Gasteiger partial charge on any atom is 0.451 e. The number of Topliss-reactive ketones (excluding diaryl/α,β-unsaturated/α-hetero) is 1. The van der Waals surface area contributed by atoms with Crippen LogP contribution in [0.25, 0.3) is 0 Å². The second-order valence-electron chi connectivity index (χ2n) is 10.1. The van der Waals surface area contributed by atoms with Crippen molar-refractivity contribution >= 4 is 46.6 Å². The van der Waals surface area contributed by atoms with E-state index in [1.54, 1.807) is 38.1 Å². The van der Waals surface area contributed by atoms with E-state index in [0.717, 1.165) is 12.8 Å². The molecule has 0 radical (unpaired) electrons. The van der Waals surface area contributed by atoms with Crippen LogP contribution >= 0.6 is 23.2 Å². The number of aromatic nitrogens is 1. The van der Waals surface area contributed by atoms with Crippen LogP contribution in [0.1, 0.15) is 49.9 Å². The number of pyridine rings is 1. The maximum atomic E-state index is 13.1. The zero-order chi connectivity index (χ0) is 28.5. The topological polar surface area (TPSA) is 101 Å². The minimum atomic E-state index is -5.01. The molecular formula is C26H27Cl2F3N4O4. The number of rotatable bonds is 8. The van der Waals surface area contributed by atoms with E-state index in [2.05, 4.69) is 15.2 Å². The molecule has 2 aliphatic heterocycles. The maximum absolute atomic E-state index is 13.1. The highest BCUT2D eigenvalue weighted by molar-refractivity contribution is 6.35. The van der Waals surface area contributed by atoms with Gasteiger partial charge in [-0.05, 0) is 69.9 Å². The number of ketones is 1. The lowest BCUT2D eigenvalue weighted by molar-refractivity contribution is -0.169. The number of carbonyl (C=O) groups is 3. The Morgan fingerprint density at radius 1 is 1.08 bits per heavy atom. The van der Waals surface area contributed by atoms with Gasteiger partial charge in [-0.15, -0.1) is 0 Å². The molecule has 2 unspecified atom stereocenters. The van der Waals surface area contributed by atoms with Gasteiger partial charge in [0, 0.05) is 29.3 Å². The number of alkyl halides is 3. The SMILES string of the molecule is CC(C)(Oc1ccc(Cl)cc1Cl)C(=O)NC1CC2CCC(C1)N2c1ccc(C(=O)NCC(=O)C(F)(F)F)cn1.